The van der Waals surface area contributed by atoms with Gasteiger partial charge in [-0.3, -0.25) is 4.79 Å². The van der Waals surface area contributed by atoms with Gasteiger partial charge in [0, 0.05) is 25.6 Å². The summed E-state index contributed by atoms with van der Waals surface area (Å²) in [6, 6.07) is 4.64. The maximum atomic E-state index is 13.8. The Morgan fingerprint density at radius 2 is 2.00 bits per heavy atom. The van der Waals surface area contributed by atoms with Crippen molar-refractivity contribution >= 4 is 28.6 Å². The van der Waals surface area contributed by atoms with Gasteiger partial charge in [-0.25, -0.2) is 9.37 Å². The van der Waals surface area contributed by atoms with Crippen LogP contribution in [-0.2, 0) is 5.41 Å². The van der Waals surface area contributed by atoms with Gasteiger partial charge >= 0.3 is 0 Å². The van der Waals surface area contributed by atoms with Gasteiger partial charge in [-0.05, 0) is 24.6 Å². The molecule has 0 N–H and O–H groups in total. The Balaban J connectivity index is 2.07. The summed E-state index contributed by atoms with van der Waals surface area (Å²) >= 11 is 1.35. The molecule has 1 amide bonds. The highest BCUT2D eigenvalue weighted by Crippen LogP contribution is 2.35. The minimum Gasteiger partial charge on any atom is -0.373 e. The van der Waals surface area contributed by atoms with E-state index in [9.17, 15) is 9.18 Å². The summed E-state index contributed by atoms with van der Waals surface area (Å²) in [5.41, 5.74) is 3.81. The topological polar surface area (TPSA) is 36.4 Å². The highest BCUT2D eigenvalue weighted by atomic mass is 32.1. The first kappa shape index (κ1) is 16.9. The maximum absolute atomic E-state index is 13.8. The van der Waals surface area contributed by atoms with E-state index in [4.69, 9.17) is 0 Å². The fourth-order valence-electron chi connectivity index (χ4n) is 3.01. The van der Waals surface area contributed by atoms with Gasteiger partial charge < -0.3 is 9.80 Å². The van der Waals surface area contributed by atoms with E-state index < -0.39 is 0 Å². The van der Waals surface area contributed by atoms with E-state index in [0.29, 0.717) is 17.1 Å². The standard InChI is InChI=1S/C18H22FN3OS/c1-18(2,3)16-15(24-11-20-16)17(23)22-9-5-8-21(4)13-7-6-12(19)10-14(13)22/h6-7,10-11H,5,8-9H2,1-4H3. The third kappa shape index (κ3) is 3.02. The molecule has 0 bridgehead atoms. The van der Waals surface area contributed by atoms with Crippen LogP contribution < -0.4 is 9.80 Å². The molecule has 24 heavy (non-hydrogen) atoms. The van der Waals surface area contributed by atoms with Gasteiger partial charge in [-0.1, -0.05) is 20.8 Å². The van der Waals surface area contributed by atoms with E-state index in [0.717, 1.165) is 24.3 Å². The summed E-state index contributed by atoms with van der Waals surface area (Å²) in [6.07, 6.45) is 0.836. The van der Waals surface area contributed by atoms with Crippen molar-refractivity contribution in [1.82, 2.24) is 4.98 Å². The molecule has 1 aromatic heterocycles. The molecule has 3 rings (SSSR count). The number of anilines is 2. The number of rotatable bonds is 1. The van der Waals surface area contributed by atoms with E-state index >= 15 is 0 Å². The van der Waals surface area contributed by atoms with E-state index in [1.54, 1.807) is 16.5 Å². The lowest BCUT2D eigenvalue weighted by atomic mass is 9.91. The Morgan fingerprint density at radius 3 is 2.71 bits per heavy atom. The van der Waals surface area contributed by atoms with Crippen LogP contribution in [-0.4, -0.2) is 31.0 Å². The van der Waals surface area contributed by atoms with Crippen LogP contribution in [0.3, 0.4) is 0 Å². The molecule has 0 atom stereocenters. The minimum atomic E-state index is -0.331. The van der Waals surface area contributed by atoms with Gasteiger partial charge in [0.15, 0.2) is 0 Å². The third-order valence-corrected chi connectivity index (χ3v) is 5.05. The van der Waals surface area contributed by atoms with Crippen LogP contribution in [0.25, 0.3) is 0 Å². The van der Waals surface area contributed by atoms with Crippen LogP contribution in [0.5, 0.6) is 0 Å². The minimum absolute atomic E-state index is 0.0930. The summed E-state index contributed by atoms with van der Waals surface area (Å²) < 4.78 is 13.8. The number of carbonyl (C=O) groups is 1. The normalized spacial score (nSPS) is 15.2. The molecule has 0 radical (unpaired) electrons. The first-order valence-electron chi connectivity index (χ1n) is 8.05. The lowest BCUT2D eigenvalue weighted by Gasteiger charge is -2.25. The quantitative estimate of drug-likeness (QED) is 0.780. The zero-order chi connectivity index (χ0) is 17.5. The molecule has 2 aromatic rings. The summed E-state index contributed by atoms with van der Waals surface area (Å²) in [5, 5.41) is 0. The molecule has 1 aliphatic rings. The zero-order valence-electron chi connectivity index (χ0n) is 14.5. The van der Waals surface area contributed by atoms with Crippen molar-refractivity contribution in [2.75, 3.05) is 29.9 Å². The molecule has 4 nitrogen and oxygen atoms in total. The molecule has 0 fully saturated rings. The van der Waals surface area contributed by atoms with Crippen LogP contribution in [0.4, 0.5) is 15.8 Å². The number of carbonyl (C=O) groups excluding carboxylic acids is 1. The number of fused-ring (bicyclic) bond motifs is 1. The average Bonchev–Trinajstić information content (AvgIpc) is 2.94. The van der Waals surface area contributed by atoms with Crippen LogP contribution in [0, 0.1) is 5.82 Å². The number of hydrogen-bond acceptors (Lipinski definition) is 4. The highest BCUT2D eigenvalue weighted by molar-refractivity contribution is 7.12. The zero-order valence-corrected chi connectivity index (χ0v) is 15.3. The van der Waals surface area contributed by atoms with Gasteiger partial charge in [0.1, 0.15) is 10.7 Å². The summed E-state index contributed by atoms with van der Waals surface area (Å²) in [6.45, 7) is 7.53. The number of hydrogen-bond donors (Lipinski definition) is 0. The lowest BCUT2D eigenvalue weighted by Crippen LogP contribution is -2.33. The van der Waals surface area contributed by atoms with Crippen molar-refractivity contribution in [1.29, 1.82) is 0 Å². The SMILES string of the molecule is CN1CCCN(C(=O)c2scnc2C(C)(C)C)c2cc(F)ccc21. The molecule has 0 unspecified atom stereocenters. The van der Waals surface area contributed by atoms with Crippen molar-refractivity contribution in [2.24, 2.45) is 0 Å². The molecule has 1 aliphatic heterocycles. The summed E-state index contributed by atoms with van der Waals surface area (Å²) in [4.78, 5) is 22.0. The molecule has 0 saturated carbocycles. The van der Waals surface area contributed by atoms with Gasteiger partial charge in [-0.15, -0.1) is 11.3 Å². The first-order valence-corrected chi connectivity index (χ1v) is 8.93. The van der Waals surface area contributed by atoms with E-state index in [1.165, 1.54) is 23.5 Å². The predicted octanol–water partition coefficient (Wildman–Crippen LogP) is 4.07. The number of benzene rings is 1. The van der Waals surface area contributed by atoms with Crippen molar-refractivity contribution in [3.63, 3.8) is 0 Å². The second kappa shape index (κ2) is 6.16. The number of aromatic nitrogens is 1. The van der Waals surface area contributed by atoms with Crippen molar-refractivity contribution in [3.05, 3.63) is 40.1 Å². The van der Waals surface area contributed by atoms with Crippen LogP contribution >= 0.6 is 11.3 Å². The third-order valence-electron chi connectivity index (χ3n) is 4.23. The van der Waals surface area contributed by atoms with Gasteiger partial charge in [0.25, 0.3) is 5.91 Å². The second-order valence-electron chi connectivity index (χ2n) is 7.15. The lowest BCUT2D eigenvalue weighted by molar-refractivity contribution is 0.0989. The average molecular weight is 347 g/mol. The fraction of sp³-hybridized carbons (Fsp3) is 0.444. The Labute approximate surface area is 145 Å². The molecule has 128 valence electrons. The molecular weight excluding hydrogens is 325 g/mol. The smallest absolute Gasteiger partial charge is 0.270 e. The molecule has 6 heteroatoms. The number of thiazole rings is 1. The van der Waals surface area contributed by atoms with E-state index in [2.05, 4.69) is 9.88 Å². The molecule has 2 heterocycles. The fourth-order valence-corrected chi connectivity index (χ4v) is 3.95. The highest BCUT2D eigenvalue weighted by Gasteiger charge is 2.31. The molecule has 0 saturated heterocycles. The number of nitrogens with zero attached hydrogens (tertiary/aromatic N) is 3. The Hall–Kier alpha value is -1.95. The largest absolute Gasteiger partial charge is 0.373 e. The maximum Gasteiger partial charge on any atom is 0.270 e. The monoisotopic (exact) mass is 347 g/mol. The Kier molecular flexibility index (Phi) is 4.34. The van der Waals surface area contributed by atoms with Gasteiger partial charge in [-0.2, -0.15) is 0 Å². The van der Waals surface area contributed by atoms with Crippen molar-refractivity contribution < 1.29 is 9.18 Å². The van der Waals surface area contributed by atoms with Gasteiger partial charge in [0.05, 0.1) is 22.6 Å². The van der Waals surface area contributed by atoms with E-state index in [1.807, 2.05) is 27.8 Å². The molecule has 0 spiro atoms. The van der Waals surface area contributed by atoms with Crippen LogP contribution in [0.2, 0.25) is 0 Å². The number of halogens is 1. The molecule has 0 aliphatic carbocycles. The molecule has 1 aromatic carbocycles. The summed E-state index contributed by atoms with van der Waals surface area (Å²) in [5.74, 6) is -0.424. The number of amides is 1. The van der Waals surface area contributed by atoms with E-state index in [-0.39, 0.29) is 17.1 Å². The Bertz CT molecular complexity index is 766. The van der Waals surface area contributed by atoms with Crippen LogP contribution in [0.1, 0.15) is 42.6 Å². The predicted molar refractivity (Wildman–Crippen MR) is 96.8 cm³/mol. The second-order valence-corrected chi connectivity index (χ2v) is 8.00. The van der Waals surface area contributed by atoms with Gasteiger partial charge in [0.2, 0.25) is 0 Å². The molecular formula is C18H22FN3OS. The summed E-state index contributed by atoms with van der Waals surface area (Å²) in [7, 11) is 1.97. The first-order chi connectivity index (χ1) is 11.3. The van der Waals surface area contributed by atoms with Crippen molar-refractivity contribution in [2.45, 2.75) is 32.6 Å². The van der Waals surface area contributed by atoms with Crippen molar-refractivity contribution in [3.8, 4) is 0 Å². The Morgan fingerprint density at radius 1 is 1.25 bits per heavy atom. The van der Waals surface area contributed by atoms with Crippen LogP contribution in [0.15, 0.2) is 23.7 Å².